The largest absolute Gasteiger partial charge is 0.397 e. The first-order valence-electron chi connectivity index (χ1n) is 6.57. The average molecular weight is 335 g/mol. The molecule has 118 valence electrons. The number of anilines is 1. The molecule has 6 nitrogen and oxygen atoms in total. The Morgan fingerprint density at radius 2 is 2.19 bits per heavy atom. The van der Waals surface area contributed by atoms with E-state index in [2.05, 4.69) is 0 Å². The van der Waals surface area contributed by atoms with Gasteiger partial charge >= 0.3 is 0 Å². The van der Waals surface area contributed by atoms with Crippen molar-refractivity contribution in [2.75, 3.05) is 25.5 Å². The first-order chi connectivity index (χ1) is 9.77. The van der Waals surface area contributed by atoms with Gasteiger partial charge in [-0.25, -0.2) is 8.42 Å². The number of hydrogen-bond donors (Lipinski definition) is 2. The number of rotatable bonds is 3. The lowest BCUT2D eigenvalue weighted by molar-refractivity contribution is -0.0516. The van der Waals surface area contributed by atoms with Crippen LogP contribution in [0.25, 0.3) is 0 Å². The standard InChI is InChI=1S/C13H19ClN2O4S/c1-8-3-11(4-12(15)13(8)14)21(18,19)16-5-10(6-17)20-7-9(16)2/h3-4,9-10,17H,5-7,15H2,1-2H3. The molecule has 1 aromatic carbocycles. The summed E-state index contributed by atoms with van der Waals surface area (Å²) in [5.41, 5.74) is 6.59. The Hall–Kier alpha value is -0.860. The molecule has 2 atom stereocenters. The summed E-state index contributed by atoms with van der Waals surface area (Å²) in [6.45, 7) is 3.60. The highest BCUT2D eigenvalue weighted by molar-refractivity contribution is 7.89. The number of hydrogen-bond acceptors (Lipinski definition) is 5. The molecule has 21 heavy (non-hydrogen) atoms. The smallest absolute Gasteiger partial charge is 0.243 e. The Morgan fingerprint density at radius 3 is 2.76 bits per heavy atom. The van der Waals surface area contributed by atoms with Crippen molar-refractivity contribution < 1.29 is 18.3 Å². The van der Waals surface area contributed by atoms with Crippen molar-refractivity contribution in [3.8, 4) is 0 Å². The molecule has 0 amide bonds. The number of morpholine rings is 1. The highest BCUT2D eigenvalue weighted by Gasteiger charge is 2.35. The van der Waals surface area contributed by atoms with Crippen molar-refractivity contribution in [2.45, 2.75) is 30.9 Å². The Morgan fingerprint density at radius 1 is 1.52 bits per heavy atom. The van der Waals surface area contributed by atoms with Gasteiger partial charge in [-0.3, -0.25) is 0 Å². The van der Waals surface area contributed by atoms with E-state index in [0.29, 0.717) is 10.6 Å². The van der Waals surface area contributed by atoms with Crippen LogP contribution in [0.2, 0.25) is 5.02 Å². The number of aliphatic hydroxyl groups is 1. The topological polar surface area (TPSA) is 92.9 Å². The van der Waals surface area contributed by atoms with Gasteiger partial charge in [0.05, 0.1) is 34.9 Å². The number of benzene rings is 1. The molecule has 1 aromatic rings. The zero-order valence-electron chi connectivity index (χ0n) is 11.9. The van der Waals surface area contributed by atoms with Gasteiger partial charge in [0, 0.05) is 12.6 Å². The molecule has 2 unspecified atom stereocenters. The Bertz CT molecular complexity index is 612. The molecule has 0 saturated carbocycles. The summed E-state index contributed by atoms with van der Waals surface area (Å²) in [6, 6.07) is 2.56. The number of nitrogen functional groups attached to an aromatic ring is 1. The van der Waals surface area contributed by atoms with Crippen LogP contribution in [0.4, 0.5) is 5.69 Å². The van der Waals surface area contributed by atoms with Crippen molar-refractivity contribution in [3.05, 3.63) is 22.7 Å². The maximum Gasteiger partial charge on any atom is 0.243 e. The molecule has 0 bridgehead atoms. The van der Waals surface area contributed by atoms with Gasteiger partial charge in [0.15, 0.2) is 0 Å². The van der Waals surface area contributed by atoms with Gasteiger partial charge in [-0.05, 0) is 31.5 Å². The number of aryl methyl sites for hydroxylation is 1. The summed E-state index contributed by atoms with van der Waals surface area (Å²) in [4.78, 5) is 0.104. The van der Waals surface area contributed by atoms with Crippen LogP contribution in [-0.4, -0.2) is 49.7 Å². The summed E-state index contributed by atoms with van der Waals surface area (Å²) in [5, 5.41) is 9.53. The van der Waals surface area contributed by atoms with Crippen molar-refractivity contribution in [3.63, 3.8) is 0 Å². The fraction of sp³-hybridized carbons (Fsp3) is 0.538. The van der Waals surface area contributed by atoms with Gasteiger partial charge in [0.25, 0.3) is 0 Å². The SMILES string of the molecule is Cc1cc(S(=O)(=O)N2CC(CO)OCC2C)cc(N)c1Cl. The second kappa shape index (κ2) is 6.10. The van der Waals surface area contributed by atoms with E-state index >= 15 is 0 Å². The van der Waals surface area contributed by atoms with Gasteiger partial charge in [-0.15, -0.1) is 0 Å². The predicted octanol–water partition coefficient (Wildman–Crippen LogP) is 1.00. The van der Waals surface area contributed by atoms with Gasteiger partial charge in [-0.2, -0.15) is 4.31 Å². The fourth-order valence-corrected chi connectivity index (χ4v) is 4.16. The molecule has 0 radical (unpaired) electrons. The third-order valence-electron chi connectivity index (χ3n) is 3.51. The van der Waals surface area contributed by atoms with Crippen LogP contribution in [0.5, 0.6) is 0 Å². The van der Waals surface area contributed by atoms with E-state index in [1.165, 1.54) is 16.4 Å². The minimum absolute atomic E-state index is 0.104. The number of ether oxygens (including phenoxy) is 1. The zero-order chi connectivity index (χ0) is 15.8. The summed E-state index contributed by atoms with van der Waals surface area (Å²) in [6.07, 6.45) is -0.512. The van der Waals surface area contributed by atoms with Gasteiger partial charge in [-0.1, -0.05) is 11.6 Å². The maximum atomic E-state index is 12.8. The second-order valence-electron chi connectivity index (χ2n) is 5.21. The number of nitrogens with zero attached hydrogens (tertiary/aromatic N) is 1. The van der Waals surface area contributed by atoms with E-state index in [9.17, 15) is 13.5 Å². The fourth-order valence-electron chi connectivity index (χ4n) is 2.28. The number of halogens is 1. The molecular weight excluding hydrogens is 316 g/mol. The zero-order valence-corrected chi connectivity index (χ0v) is 13.5. The van der Waals surface area contributed by atoms with E-state index in [-0.39, 0.29) is 36.4 Å². The molecular formula is C13H19ClN2O4S. The molecule has 1 saturated heterocycles. The molecule has 0 aromatic heterocycles. The van der Waals surface area contributed by atoms with Crippen LogP contribution < -0.4 is 5.73 Å². The van der Waals surface area contributed by atoms with Crippen molar-refractivity contribution in [1.82, 2.24) is 4.31 Å². The van der Waals surface area contributed by atoms with Crippen molar-refractivity contribution >= 4 is 27.3 Å². The summed E-state index contributed by atoms with van der Waals surface area (Å²) >= 11 is 5.97. The van der Waals surface area contributed by atoms with Crippen molar-refractivity contribution in [1.29, 1.82) is 0 Å². The maximum absolute atomic E-state index is 12.8. The summed E-state index contributed by atoms with van der Waals surface area (Å²) < 4.78 is 32.2. The van der Waals surface area contributed by atoms with Crippen LogP contribution in [0.3, 0.4) is 0 Å². The third-order valence-corrected chi connectivity index (χ3v) is 5.99. The van der Waals surface area contributed by atoms with Crippen LogP contribution in [-0.2, 0) is 14.8 Å². The van der Waals surface area contributed by atoms with E-state index in [1.807, 2.05) is 0 Å². The van der Waals surface area contributed by atoms with Gasteiger partial charge in [0.2, 0.25) is 10.0 Å². The monoisotopic (exact) mass is 334 g/mol. The predicted molar refractivity (Wildman–Crippen MR) is 80.8 cm³/mol. The summed E-state index contributed by atoms with van der Waals surface area (Å²) in [7, 11) is -3.71. The Labute approximate surface area is 129 Å². The van der Waals surface area contributed by atoms with E-state index in [4.69, 9.17) is 22.1 Å². The second-order valence-corrected chi connectivity index (χ2v) is 7.47. The van der Waals surface area contributed by atoms with Gasteiger partial charge in [0.1, 0.15) is 0 Å². The Balaban J connectivity index is 2.41. The number of nitrogens with two attached hydrogens (primary N) is 1. The molecule has 1 aliphatic heterocycles. The lowest BCUT2D eigenvalue weighted by Gasteiger charge is -2.36. The molecule has 0 aliphatic carbocycles. The van der Waals surface area contributed by atoms with Crippen LogP contribution >= 0.6 is 11.6 Å². The minimum atomic E-state index is -3.71. The highest BCUT2D eigenvalue weighted by Crippen LogP contribution is 2.30. The van der Waals surface area contributed by atoms with E-state index < -0.39 is 16.1 Å². The molecule has 8 heteroatoms. The molecule has 0 spiro atoms. The lowest BCUT2D eigenvalue weighted by Crippen LogP contribution is -2.51. The number of aliphatic hydroxyl groups excluding tert-OH is 1. The summed E-state index contributed by atoms with van der Waals surface area (Å²) in [5.74, 6) is 0. The Kier molecular flexibility index (Phi) is 4.79. The third kappa shape index (κ3) is 3.17. The quantitative estimate of drug-likeness (QED) is 0.804. The highest BCUT2D eigenvalue weighted by atomic mass is 35.5. The lowest BCUT2D eigenvalue weighted by atomic mass is 10.2. The molecule has 1 heterocycles. The molecule has 1 aliphatic rings. The first kappa shape index (κ1) is 16.5. The van der Waals surface area contributed by atoms with Gasteiger partial charge < -0.3 is 15.6 Å². The normalized spacial score (nSPS) is 24.2. The number of sulfonamides is 1. The van der Waals surface area contributed by atoms with Crippen LogP contribution in [0, 0.1) is 6.92 Å². The molecule has 1 fully saturated rings. The van der Waals surface area contributed by atoms with Crippen LogP contribution in [0.15, 0.2) is 17.0 Å². The van der Waals surface area contributed by atoms with E-state index in [1.54, 1.807) is 13.8 Å². The molecule has 3 N–H and O–H groups in total. The van der Waals surface area contributed by atoms with Crippen molar-refractivity contribution in [2.24, 2.45) is 0 Å². The average Bonchev–Trinajstić information content (AvgIpc) is 2.44. The first-order valence-corrected chi connectivity index (χ1v) is 8.39. The minimum Gasteiger partial charge on any atom is -0.397 e. The molecule has 2 rings (SSSR count). The van der Waals surface area contributed by atoms with E-state index in [0.717, 1.165) is 0 Å². The van der Waals surface area contributed by atoms with Crippen LogP contribution in [0.1, 0.15) is 12.5 Å².